The summed E-state index contributed by atoms with van der Waals surface area (Å²) < 4.78 is 10.6. The molecule has 2 N–H and O–H groups in total. The van der Waals surface area contributed by atoms with E-state index >= 15 is 0 Å². The van der Waals surface area contributed by atoms with Crippen molar-refractivity contribution in [1.29, 1.82) is 0 Å². The molecule has 0 aliphatic carbocycles. The number of benzene rings is 3. The van der Waals surface area contributed by atoms with E-state index in [0.717, 1.165) is 27.9 Å². The summed E-state index contributed by atoms with van der Waals surface area (Å²) in [7, 11) is 3.25. The zero-order valence-corrected chi connectivity index (χ0v) is 15.6. The second kappa shape index (κ2) is 7.48. The molecule has 3 aromatic carbocycles. The van der Waals surface area contributed by atoms with Crippen molar-refractivity contribution in [3.8, 4) is 17.4 Å². The molecular formula is C23H20N2O3. The fourth-order valence-corrected chi connectivity index (χ4v) is 3.17. The van der Waals surface area contributed by atoms with Crippen LogP contribution in [0.3, 0.4) is 0 Å². The first-order chi connectivity index (χ1) is 13.7. The van der Waals surface area contributed by atoms with E-state index in [1.807, 2.05) is 72.8 Å². The van der Waals surface area contributed by atoms with Crippen LogP contribution in [0.15, 0.2) is 77.8 Å². The summed E-state index contributed by atoms with van der Waals surface area (Å²) in [5.41, 5.74) is 3.78. The van der Waals surface area contributed by atoms with E-state index in [-0.39, 0.29) is 5.88 Å². The van der Waals surface area contributed by atoms with Crippen molar-refractivity contribution in [3.63, 3.8) is 0 Å². The number of nitrogens with zero attached hydrogens (tertiary/aromatic N) is 1. The predicted octanol–water partition coefficient (Wildman–Crippen LogP) is 5.06. The summed E-state index contributed by atoms with van der Waals surface area (Å²) in [6.07, 6.45) is 0. The fourth-order valence-electron chi connectivity index (χ4n) is 3.17. The fraction of sp³-hybridized carbons (Fsp3) is 0.0870. The first-order valence-electron chi connectivity index (χ1n) is 8.87. The van der Waals surface area contributed by atoms with Crippen LogP contribution >= 0.6 is 0 Å². The third kappa shape index (κ3) is 3.30. The third-order valence-corrected chi connectivity index (χ3v) is 4.58. The molecule has 0 aliphatic heterocycles. The highest BCUT2D eigenvalue weighted by Gasteiger charge is 2.19. The van der Waals surface area contributed by atoms with Crippen LogP contribution in [-0.2, 0) is 0 Å². The van der Waals surface area contributed by atoms with Crippen LogP contribution in [0.2, 0.25) is 0 Å². The molecule has 0 radical (unpaired) electrons. The maximum atomic E-state index is 10.7. The number of hydrogen-bond donors (Lipinski definition) is 2. The third-order valence-electron chi connectivity index (χ3n) is 4.58. The normalized spacial score (nSPS) is 11.6. The van der Waals surface area contributed by atoms with Gasteiger partial charge in [-0.15, -0.1) is 0 Å². The van der Waals surface area contributed by atoms with Gasteiger partial charge in [-0.2, -0.15) is 0 Å². The summed E-state index contributed by atoms with van der Waals surface area (Å²) in [6.45, 7) is 0. The Hall–Kier alpha value is -3.73. The second-order valence-corrected chi connectivity index (χ2v) is 6.28. The van der Waals surface area contributed by atoms with Crippen molar-refractivity contribution in [1.82, 2.24) is 4.98 Å². The van der Waals surface area contributed by atoms with Crippen LogP contribution in [0.1, 0.15) is 11.1 Å². The van der Waals surface area contributed by atoms with E-state index in [4.69, 9.17) is 14.5 Å². The van der Waals surface area contributed by atoms with Gasteiger partial charge in [-0.05, 0) is 42.5 Å². The average molecular weight is 372 g/mol. The van der Waals surface area contributed by atoms with Crippen LogP contribution in [-0.4, -0.2) is 30.0 Å². The first kappa shape index (κ1) is 17.7. The van der Waals surface area contributed by atoms with Crippen LogP contribution in [0.4, 0.5) is 5.69 Å². The van der Waals surface area contributed by atoms with Gasteiger partial charge in [0, 0.05) is 16.5 Å². The minimum Gasteiger partial charge on any atom is -0.497 e. The summed E-state index contributed by atoms with van der Waals surface area (Å²) in [5, 5.41) is 11.5. The van der Waals surface area contributed by atoms with E-state index in [2.05, 4.69) is 4.98 Å². The quantitative estimate of drug-likeness (QED) is 0.481. The molecule has 0 saturated carbocycles. The Morgan fingerprint density at radius 2 is 1.54 bits per heavy atom. The van der Waals surface area contributed by atoms with Gasteiger partial charge in [-0.1, -0.05) is 30.3 Å². The Labute approximate surface area is 162 Å². The highest BCUT2D eigenvalue weighted by molar-refractivity contribution is 6.22. The van der Waals surface area contributed by atoms with Gasteiger partial charge in [0.2, 0.25) is 0 Å². The molecule has 5 heteroatoms. The molecule has 0 bridgehead atoms. The monoisotopic (exact) mass is 372 g/mol. The lowest BCUT2D eigenvalue weighted by Crippen LogP contribution is -2.02. The minimum absolute atomic E-state index is 0.0689. The maximum Gasteiger partial charge on any atom is 0.199 e. The number of aromatic amines is 1. The van der Waals surface area contributed by atoms with Gasteiger partial charge in [0.25, 0.3) is 0 Å². The summed E-state index contributed by atoms with van der Waals surface area (Å²) in [6, 6.07) is 22.9. The Balaban J connectivity index is 1.95. The van der Waals surface area contributed by atoms with E-state index in [0.29, 0.717) is 17.0 Å². The van der Waals surface area contributed by atoms with Gasteiger partial charge >= 0.3 is 0 Å². The number of aliphatic imine (C=N–C) groups is 1. The van der Waals surface area contributed by atoms with Crippen molar-refractivity contribution in [2.24, 2.45) is 4.99 Å². The van der Waals surface area contributed by atoms with Crippen molar-refractivity contribution in [3.05, 3.63) is 83.9 Å². The molecule has 0 fully saturated rings. The van der Waals surface area contributed by atoms with Crippen LogP contribution in [0.25, 0.3) is 10.9 Å². The molecule has 1 heterocycles. The molecule has 4 rings (SSSR count). The number of ether oxygens (including phenoxy) is 2. The van der Waals surface area contributed by atoms with E-state index in [9.17, 15) is 5.11 Å². The van der Waals surface area contributed by atoms with Crippen molar-refractivity contribution < 1.29 is 14.6 Å². The molecule has 0 unspecified atom stereocenters. The molecule has 0 spiro atoms. The Bertz CT molecular complexity index is 1130. The van der Waals surface area contributed by atoms with Gasteiger partial charge in [0.1, 0.15) is 11.5 Å². The van der Waals surface area contributed by atoms with Crippen molar-refractivity contribution >= 4 is 22.3 Å². The lowest BCUT2D eigenvalue weighted by molar-refractivity contribution is 0.415. The molecule has 0 atom stereocenters. The molecule has 0 aliphatic rings. The number of H-pyrrole nitrogens is 1. The van der Waals surface area contributed by atoms with Crippen LogP contribution in [0.5, 0.6) is 17.4 Å². The molecule has 4 aromatic rings. The van der Waals surface area contributed by atoms with Gasteiger partial charge in [0.15, 0.2) is 5.88 Å². The number of methoxy groups -OCH3 is 2. The number of rotatable bonds is 5. The van der Waals surface area contributed by atoms with Crippen molar-refractivity contribution in [2.75, 3.05) is 14.2 Å². The Kier molecular flexibility index (Phi) is 4.72. The van der Waals surface area contributed by atoms with E-state index in [1.54, 1.807) is 14.2 Å². The zero-order chi connectivity index (χ0) is 19.5. The number of aromatic nitrogens is 1. The van der Waals surface area contributed by atoms with E-state index < -0.39 is 0 Å². The topological polar surface area (TPSA) is 66.8 Å². The molecule has 1 aromatic heterocycles. The highest BCUT2D eigenvalue weighted by Crippen LogP contribution is 2.33. The summed E-state index contributed by atoms with van der Waals surface area (Å²) >= 11 is 0. The first-order valence-corrected chi connectivity index (χ1v) is 8.87. The average Bonchev–Trinajstić information content (AvgIpc) is 3.07. The summed E-state index contributed by atoms with van der Waals surface area (Å²) in [4.78, 5) is 7.89. The van der Waals surface area contributed by atoms with Gasteiger partial charge < -0.3 is 19.6 Å². The summed E-state index contributed by atoms with van der Waals surface area (Å²) in [5.74, 6) is 1.55. The molecule has 0 amide bonds. The van der Waals surface area contributed by atoms with E-state index in [1.165, 1.54) is 0 Å². The largest absolute Gasteiger partial charge is 0.497 e. The lowest BCUT2D eigenvalue weighted by Gasteiger charge is -2.09. The van der Waals surface area contributed by atoms with Crippen LogP contribution < -0.4 is 9.47 Å². The molecule has 5 nitrogen and oxygen atoms in total. The highest BCUT2D eigenvalue weighted by atomic mass is 16.5. The molecule has 140 valence electrons. The smallest absolute Gasteiger partial charge is 0.199 e. The van der Waals surface area contributed by atoms with Crippen LogP contribution in [0, 0.1) is 0 Å². The SMILES string of the molecule is COc1ccc(N=C(c2ccccc2)c2c(O)[nH]c3ccc(OC)cc23)cc1. The number of aromatic hydroxyl groups is 1. The molecule has 28 heavy (non-hydrogen) atoms. The minimum atomic E-state index is 0.0689. The van der Waals surface area contributed by atoms with Gasteiger partial charge in [-0.3, -0.25) is 0 Å². The second-order valence-electron chi connectivity index (χ2n) is 6.28. The maximum absolute atomic E-state index is 10.7. The molecule has 0 saturated heterocycles. The number of hydrogen-bond acceptors (Lipinski definition) is 4. The van der Waals surface area contributed by atoms with Crippen molar-refractivity contribution in [2.45, 2.75) is 0 Å². The van der Waals surface area contributed by atoms with Gasteiger partial charge in [0.05, 0.1) is 31.2 Å². The standard InChI is InChI=1S/C23H20N2O3/c1-27-17-10-8-16(9-11-17)24-22(15-6-4-3-5-7-15)21-19-14-18(28-2)12-13-20(19)25-23(21)26/h3-14,25-26H,1-2H3. The zero-order valence-electron chi connectivity index (χ0n) is 15.6. The predicted molar refractivity (Wildman–Crippen MR) is 111 cm³/mol. The Morgan fingerprint density at radius 3 is 2.21 bits per heavy atom. The lowest BCUT2D eigenvalue weighted by atomic mass is 10.0. The number of fused-ring (bicyclic) bond motifs is 1. The molecular weight excluding hydrogens is 352 g/mol. The Morgan fingerprint density at radius 1 is 0.857 bits per heavy atom. The number of nitrogens with one attached hydrogen (secondary N) is 1. The van der Waals surface area contributed by atoms with Gasteiger partial charge in [-0.25, -0.2) is 4.99 Å².